The van der Waals surface area contributed by atoms with Crippen LogP contribution < -0.4 is 15.5 Å². The maximum Gasteiger partial charge on any atom is 0.407 e. The minimum absolute atomic E-state index is 0.0435. The van der Waals surface area contributed by atoms with Crippen LogP contribution in [-0.2, 0) is 14.9 Å². The second-order valence-electron chi connectivity index (χ2n) is 14.4. The number of pyridine rings is 1. The summed E-state index contributed by atoms with van der Waals surface area (Å²) < 4.78 is 10.7. The number of rotatable bonds is 9. The van der Waals surface area contributed by atoms with Crippen molar-refractivity contribution in [2.24, 2.45) is 17.8 Å². The summed E-state index contributed by atoms with van der Waals surface area (Å²) in [6.07, 6.45) is 14.5. The number of hydrogen-bond acceptors (Lipinski definition) is 7. The van der Waals surface area contributed by atoms with Crippen molar-refractivity contribution < 1.29 is 18.7 Å². The number of carbonyl (C=O) groups is 2. The van der Waals surface area contributed by atoms with Crippen LogP contribution in [0.3, 0.4) is 0 Å². The van der Waals surface area contributed by atoms with Gasteiger partial charge in [-0.25, -0.2) is 14.8 Å². The number of oxazole rings is 1. The van der Waals surface area contributed by atoms with E-state index in [1.807, 2.05) is 19.0 Å². The van der Waals surface area contributed by atoms with Gasteiger partial charge in [-0.15, -0.1) is 0 Å². The normalized spacial score (nSPS) is 27.9. The number of nitrogens with zero attached hydrogens (tertiary/aromatic N) is 3. The van der Waals surface area contributed by atoms with E-state index in [-0.39, 0.29) is 35.2 Å². The SMILES string of the molecule is COC(=O)NC1CCC(C(=O)NC(c2cccc(-c3coc(C4CC4)n3)c2)C2CC3CCC2(c2ccc(N(C)C)nc2)CC3)CC1. The summed E-state index contributed by atoms with van der Waals surface area (Å²) >= 11 is 0. The zero-order chi connectivity index (χ0) is 31.8. The summed E-state index contributed by atoms with van der Waals surface area (Å²) in [5.74, 6) is 3.17. The van der Waals surface area contributed by atoms with Crippen LogP contribution in [0.25, 0.3) is 11.3 Å². The van der Waals surface area contributed by atoms with E-state index in [0.29, 0.717) is 11.8 Å². The highest BCUT2D eigenvalue weighted by molar-refractivity contribution is 5.79. The number of carbonyl (C=O) groups excluding carboxylic acids is 2. The van der Waals surface area contributed by atoms with Crippen molar-refractivity contribution in [2.75, 3.05) is 26.1 Å². The minimum atomic E-state index is -0.407. The van der Waals surface area contributed by atoms with Gasteiger partial charge in [0.1, 0.15) is 17.8 Å². The average Bonchev–Trinajstić information content (AvgIpc) is 3.83. The number of ether oxygens (including phenoxy) is 1. The zero-order valence-electron chi connectivity index (χ0n) is 27.3. The first kappa shape index (κ1) is 30.8. The van der Waals surface area contributed by atoms with Crippen LogP contribution in [0.5, 0.6) is 0 Å². The Morgan fingerprint density at radius 3 is 2.48 bits per heavy atom. The standard InChI is InChI=1S/C37H47N5O4/c1-42(2)32-14-11-28(21-38-32)37-17-15-23(16-18-37)19-30(37)33(41-34(43)24-9-12-29(13-10-24)39-36(44)45-3)27-6-4-5-26(20-27)31-22-46-35(40-31)25-7-8-25/h4-6,11,14,20-25,29-30,33H,7-10,12-13,15-19H2,1-3H3,(H,39,44)(H,41,43). The average molecular weight is 626 g/mol. The molecule has 9 nitrogen and oxygen atoms in total. The fraction of sp³-hybridized carbons (Fsp3) is 0.568. The fourth-order valence-electron chi connectivity index (χ4n) is 8.53. The van der Waals surface area contributed by atoms with E-state index in [9.17, 15) is 9.59 Å². The van der Waals surface area contributed by atoms with Crippen molar-refractivity contribution in [3.63, 3.8) is 0 Å². The lowest BCUT2D eigenvalue weighted by Gasteiger charge is -2.55. The van der Waals surface area contributed by atoms with Crippen molar-refractivity contribution in [3.05, 3.63) is 65.9 Å². The summed E-state index contributed by atoms with van der Waals surface area (Å²) in [4.78, 5) is 37.7. The molecule has 2 bridgehead atoms. The van der Waals surface area contributed by atoms with E-state index in [1.54, 1.807) is 6.26 Å². The molecule has 2 amide bonds. The van der Waals surface area contributed by atoms with Gasteiger partial charge in [0.05, 0.1) is 13.2 Å². The first-order valence-electron chi connectivity index (χ1n) is 17.2. The Morgan fingerprint density at radius 1 is 1.02 bits per heavy atom. The van der Waals surface area contributed by atoms with Gasteiger partial charge in [-0.1, -0.05) is 24.3 Å². The Labute approximate surface area is 271 Å². The Hall–Kier alpha value is -3.88. The van der Waals surface area contributed by atoms with E-state index in [0.717, 1.165) is 86.3 Å². The van der Waals surface area contributed by atoms with Gasteiger partial charge in [0.25, 0.3) is 0 Å². The van der Waals surface area contributed by atoms with Gasteiger partial charge in [-0.05, 0) is 106 Å². The van der Waals surface area contributed by atoms with Crippen LogP contribution in [0.15, 0.2) is 53.3 Å². The molecule has 3 aromatic rings. The molecule has 244 valence electrons. The van der Waals surface area contributed by atoms with Crippen LogP contribution in [-0.4, -0.2) is 49.2 Å². The molecule has 5 aliphatic rings. The molecule has 2 aromatic heterocycles. The number of aromatic nitrogens is 2. The second kappa shape index (κ2) is 12.7. The topological polar surface area (TPSA) is 110 Å². The number of nitrogens with one attached hydrogen (secondary N) is 2. The molecule has 2 unspecified atom stereocenters. The molecule has 46 heavy (non-hydrogen) atoms. The fourth-order valence-corrected chi connectivity index (χ4v) is 8.53. The molecule has 2 atom stereocenters. The number of amides is 2. The van der Waals surface area contributed by atoms with E-state index < -0.39 is 6.09 Å². The predicted octanol–water partition coefficient (Wildman–Crippen LogP) is 6.90. The number of hydrogen-bond donors (Lipinski definition) is 2. The van der Waals surface area contributed by atoms with Gasteiger partial charge in [-0.2, -0.15) is 0 Å². The molecule has 1 aromatic carbocycles. The molecule has 0 aliphatic heterocycles. The van der Waals surface area contributed by atoms with Gasteiger partial charge in [0, 0.05) is 49.1 Å². The van der Waals surface area contributed by atoms with Crippen LogP contribution in [0.4, 0.5) is 10.6 Å². The van der Waals surface area contributed by atoms with Crippen LogP contribution in [0.2, 0.25) is 0 Å². The lowest BCUT2D eigenvalue weighted by atomic mass is 9.50. The molecule has 8 rings (SSSR count). The molecule has 0 radical (unpaired) electrons. The molecule has 2 heterocycles. The van der Waals surface area contributed by atoms with Gasteiger partial charge in [0.2, 0.25) is 5.91 Å². The van der Waals surface area contributed by atoms with Gasteiger partial charge < -0.3 is 24.7 Å². The maximum atomic E-state index is 14.1. The number of benzene rings is 1. The van der Waals surface area contributed by atoms with Crippen molar-refractivity contribution in [2.45, 2.75) is 94.0 Å². The first-order valence-corrected chi connectivity index (χ1v) is 17.2. The highest BCUT2D eigenvalue weighted by Gasteiger charge is 2.52. The lowest BCUT2D eigenvalue weighted by molar-refractivity contribution is -0.128. The Balaban J connectivity index is 1.20. The summed E-state index contributed by atoms with van der Waals surface area (Å²) in [5.41, 5.74) is 4.23. The number of alkyl carbamates (subject to hydrolysis) is 1. The Bertz CT molecular complexity index is 1530. The molecule has 9 heteroatoms. The van der Waals surface area contributed by atoms with Crippen molar-refractivity contribution in [1.82, 2.24) is 20.6 Å². The molecule has 0 saturated heterocycles. The van der Waals surface area contributed by atoms with Crippen molar-refractivity contribution in [3.8, 4) is 11.3 Å². The lowest BCUT2D eigenvalue weighted by Crippen LogP contribution is -2.52. The van der Waals surface area contributed by atoms with E-state index in [2.05, 4.69) is 53.2 Å². The summed E-state index contributed by atoms with van der Waals surface area (Å²) in [6, 6.07) is 12.9. The van der Waals surface area contributed by atoms with E-state index in [1.165, 1.54) is 25.5 Å². The number of fused-ring (bicyclic) bond motifs is 3. The highest BCUT2D eigenvalue weighted by Crippen LogP contribution is 2.58. The van der Waals surface area contributed by atoms with Gasteiger partial charge in [-0.3, -0.25) is 4.79 Å². The van der Waals surface area contributed by atoms with E-state index >= 15 is 0 Å². The number of methoxy groups -OCH3 is 1. The molecular formula is C37H47N5O4. The third kappa shape index (κ3) is 6.13. The molecule has 5 aliphatic carbocycles. The zero-order valence-corrected chi connectivity index (χ0v) is 27.3. The first-order chi connectivity index (χ1) is 22.3. The monoisotopic (exact) mass is 625 g/mol. The quantitative estimate of drug-likeness (QED) is 0.266. The van der Waals surface area contributed by atoms with Gasteiger partial charge >= 0.3 is 6.09 Å². The molecule has 5 saturated carbocycles. The summed E-state index contributed by atoms with van der Waals surface area (Å²) in [5, 5.41) is 6.55. The molecule has 2 N–H and O–H groups in total. The largest absolute Gasteiger partial charge is 0.453 e. The summed E-state index contributed by atoms with van der Waals surface area (Å²) in [7, 11) is 5.43. The number of anilines is 1. The molecule has 5 fully saturated rings. The highest BCUT2D eigenvalue weighted by atomic mass is 16.5. The maximum absolute atomic E-state index is 14.1. The Morgan fingerprint density at radius 2 is 1.80 bits per heavy atom. The third-order valence-corrected chi connectivity index (χ3v) is 11.4. The predicted molar refractivity (Wildman–Crippen MR) is 176 cm³/mol. The molecular weight excluding hydrogens is 578 g/mol. The Kier molecular flexibility index (Phi) is 8.51. The van der Waals surface area contributed by atoms with Crippen LogP contribution in [0.1, 0.15) is 99.6 Å². The van der Waals surface area contributed by atoms with Crippen LogP contribution in [0, 0.1) is 17.8 Å². The minimum Gasteiger partial charge on any atom is -0.453 e. The van der Waals surface area contributed by atoms with Crippen molar-refractivity contribution in [1.29, 1.82) is 0 Å². The van der Waals surface area contributed by atoms with E-state index in [4.69, 9.17) is 19.1 Å². The van der Waals surface area contributed by atoms with Crippen molar-refractivity contribution >= 4 is 17.8 Å². The van der Waals surface area contributed by atoms with Gasteiger partial charge in [0.15, 0.2) is 5.89 Å². The molecule has 0 spiro atoms. The second-order valence-corrected chi connectivity index (χ2v) is 14.4. The van der Waals surface area contributed by atoms with Crippen LogP contribution >= 0.6 is 0 Å². The third-order valence-electron chi connectivity index (χ3n) is 11.4. The summed E-state index contributed by atoms with van der Waals surface area (Å²) in [6.45, 7) is 0. The smallest absolute Gasteiger partial charge is 0.407 e.